The molecule has 0 saturated heterocycles. The highest BCUT2D eigenvalue weighted by Gasteiger charge is 2.40. The molecule has 1 aliphatic rings. The smallest absolute Gasteiger partial charge is 0.269 e. The fourth-order valence-electron chi connectivity index (χ4n) is 2.58. The zero-order valence-corrected chi connectivity index (χ0v) is 13.8. The molecule has 0 bridgehead atoms. The van der Waals surface area contributed by atoms with Gasteiger partial charge in [-0.2, -0.15) is 4.98 Å². The van der Waals surface area contributed by atoms with E-state index in [0.717, 1.165) is 24.8 Å². The minimum Gasteiger partial charge on any atom is -0.338 e. The Hall–Kier alpha value is -1.99. The van der Waals surface area contributed by atoms with Crippen molar-refractivity contribution in [3.05, 3.63) is 51.7 Å². The maximum Gasteiger partial charge on any atom is 0.269 e. The van der Waals surface area contributed by atoms with Gasteiger partial charge >= 0.3 is 0 Å². The van der Waals surface area contributed by atoms with Crippen molar-refractivity contribution >= 4 is 18.1 Å². The number of rotatable bonds is 4. The average molecular weight is 339 g/mol. The summed E-state index contributed by atoms with van der Waals surface area (Å²) < 4.78 is 5.41. The predicted molar refractivity (Wildman–Crippen MR) is 86.5 cm³/mol. The molecule has 0 spiro atoms. The minimum absolute atomic E-state index is 0. The van der Waals surface area contributed by atoms with Crippen LogP contribution in [0.1, 0.15) is 50.4 Å². The third-order valence-electron chi connectivity index (χ3n) is 4.45. The van der Waals surface area contributed by atoms with Gasteiger partial charge in [0.2, 0.25) is 5.89 Å². The number of hydrogen-bond acceptors (Lipinski definition) is 6. The molecule has 1 aromatic carbocycles. The Balaban J connectivity index is 0.00000192. The van der Waals surface area contributed by atoms with Gasteiger partial charge in [-0.15, -0.1) is 12.4 Å². The third-order valence-corrected chi connectivity index (χ3v) is 4.45. The Bertz CT molecular complexity index is 708. The van der Waals surface area contributed by atoms with Crippen molar-refractivity contribution in [1.29, 1.82) is 0 Å². The second-order valence-corrected chi connectivity index (χ2v) is 6.36. The summed E-state index contributed by atoms with van der Waals surface area (Å²) in [4.78, 5) is 14.8. The molecule has 0 unspecified atom stereocenters. The van der Waals surface area contributed by atoms with Crippen LogP contribution in [0.15, 0.2) is 28.8 Å². The Labute approximate surface area is 139 Å². The molecule has 0 radical (unpaired) electrons. The lowest BCUT2D eigenvalue weighted by atomic mass is 9.77. The molecule has 2 aromatic rings. The molecule has 0 amide bonds. The van der Waals surface area contributed by atoms with Crippen LogP contribution < -0.4 is 5.73 Å². The van der Waals surface area contributed by atoms with Crippen LogP contribution in [0, 0.1) is 10.1 Å². The van der Waals surface area contributed by atoms with Gasteiger partial charge in [-0.3, -0.25) is 10.1 Å². The Morgan fingerprint density at radius 3 is 2.39 bits per heavy atom. The van der Waals surface area contributed by atoms with E-state index in [2.05, 4.69) is 10.1 Å². The third kappa shape index (κ3) is 2.94. The van der Waals surface area contributed by atoms with Crippen LogP contribution in [0.5, 0.6) is 0 Å². The van der Waals surface area contributed by atoms with Crippen LogP contribution in [0.25, 0.3) is 0 Å². The fraction of sp³-hybridized carbons (Fsp3) is 0.467. The van der Waals surface area contributed by atoms with Crippen LogP contribution in [-0.2, 0) is 11.0 Å². The quantitative estimate of drug-likeness (QED) is 0.678. The van der Waals surface area contributed by atoms with E-state index in [-0.39, 0.29) is 18.1 Å². The van der Waals surface area contributed by atoms with Crippen LogP contribution in [0.4, 0.5) is 5.69 Å². The highest BCUT2D eigenvalue weighted by atomic mass is 35.5. The van der Waals surface area contributed by atoms with Crippen molar-refractivity contribution < 1.29 is 9.45 Å². The lowest BCUT2D eigenvalue weighted by Crippen LogP contribution is -2.44. The number of non-ortho nitro benzene ring substituents is 1. The van der Waals surface area contributed by atoms with Gasteiger partial charge in [0.25, 0.3) is 5.69 Å². The lowest BCUT2D eigenvalue weighted by molar-refractivity contribution is -0.384. The summed E-state index contributed by atoms with van der Waals surface area (Å²) in [6, 6.07) is 6.38. The SMILES string of the molecule is CC(C)(c1ccc([N+](=O)[O-])cc1)c1nc(C2(N)CCC2)no1.Cl. The largest absolute Gasteiger partial charge is 0.338 e. The fourth-order valence-corrected chi connectivity index (χ4v) is 2.58. The summed E-state index contributed by atoms with van der Waals surface area (Å²) in [6.07, 6.45) is 2.81. The Morgan fingerprint density at radius 1 is 1.30 bits per heavy atom. The maximum absolute atomic E-state index is 10.7. The van der Waals surface area contributed by atoms with E-state index in [4.69, 9.17) is 10.3 Å². The normalized spacial score (nSPS) is 16.3. The molecule has 23 heavy (non-hydrogen) atoms. The molecule has 1 aliphatic carbocycles. The van der Waals surface area contributed by atoms with E-state index in [9.17, 15) is 10.1 Å². The van der Waals surface area contributed by atoms with E-state index in [1.54, 1.807) is 12.1 Å². The number of nitro groups is 1. The topological polar surface area (TPSA) is 108 Å². The molecular formula is C15H19ClN4O3. The molecule has 7 nitrogen and oxygen atoms in total. The van der Waals surface area contributed by atoms with Crippen molar-refractivity contribution in [2.45, 2.75) is 44.1 Å². The standard InChI is InChI=1S/C15H18N4O3.ClH/c1-14(2,10-4-6-11(7-5-10)19(20)21)13-17-12(18-22-13)15(16)8-3-9-15;/h4-7H,3,8-9,16H2,1-2H3;1H. The number of nitrogens with zero attached hydrogens (tertiary/aromatic N) is 3. The predicted octanol–water partition coefficient (Wildman–Crippen LogP) is 3.06. The number of benzene rings is 1. The van der Waals surface area contributed by atoms with Crippen LogP contribution in [0.2, 0.25) is 0 Å². The van der Waals surface area contributed by atoms with E-state index < -0.39 is 15.9 Å². The van der Waals surface area contributed by atoms with E-state index in [1.807, 2.05) is 13.8 Å². The van der Waals surface area contributed by atoms with Crippen molar-refractivity contribution in [2.24, 2.45) is 5.73 Å². The molecule has 2 N–H and O–H groups in total. The van der Waals surface area contributed by atoms with E-state index in [1.165, 1.54) is 12.1 Å². The molecule has 0 aliphatic heterocycles. The first kappa shape index (κ1) is 17.4. The first-order chi connectivity index (χ1) is 10.3. The van der Waals surface area contributed by atoms with Gasteiger partial charge in [-0.25, -0.2) is 0 Å². The summed E-state index contributed by atoms with van der Waals surface area (Å²) in [6.45, 7) is 3.88. The molecule has 1 fully saturated rings. The van der Waals surface area contributed by atoms with Crippen molar-refractivity contribution in [3.8, 4) is 0 Å². The minimum atomic E-state index is -0.541. The van der Waals surface area contributed by atoms with Crippen LogP contribution in [-0.4, -0.2) is 15.1 Å². The molecule has 1 saturated carbocycles. The number of nitrogens with two attached hydrogens (primary N) is 1. The molecule has 3 rings (SSSR count). The highest BCUT2D eigenvalue weighted by Crippen LogP contribution is 2.38. The van der Waals surface area contributed by atoms with Crippen LogP contribution >= 0.6 is 12.4 Å². The van der Waals surface area contributed by atoms with Crippen molar-refractivity contribution in [2.75, 3.05) is 0 Å². The second kappa shape index (κ2) is 5.90. The Morgan fingerprint density at radius 2 is 1.91 bits per heavy atom. The number of aromatic nitrogens is 2. The summed E-state index contributed by atoms with van der Waals surface area (Å²) >= 11 is 0. The number of nitro benzene ring substituents is 1. The molecule has 1 heterocycles. The molecule has 8 heteroatoms. The summed E-state index contributed by atoms with van der Waals surface area (Å²) in [5.41, 5.74) is 6.13. The highest BCUT2D eigenvalue weighted by molar-refractivity contribution is 5.85. The molecule has 124 valence electrons. The van der Waals surface area contributed by atoms with Gasteiger partial charge in [-0.1, -0.05) is 17.3 Å². The van der Waals surface area contributed by atoms with Gasteiger partial charge in [0.1, 0.15) is 0 Å². The lowest BCUT2D eigenvalue weighted by Gasteiger charge is -2.34. The van der Waals surface area contributed by atoms with Gasteiger partial charge < -0.3 is 10.3 Å². The van der Waals surface area contributed by atoms with Crippen molar-refractivity contribution in [1.82, 2.24) is 10.1 Å². The van der Waals surface area contributed by atoms with Gasteiger partial charge in [-0.05, 0) is 38.7 Å². The number of halogens is 1. The summed E-state index contributed by atoms with van der Waals surface area (Å²) in [5.74, 6) is 1.01. The monoisotopic (exact) mass is 338 g/mol. The average Bonchev–Trinajstić information content (AvgIpc) is 2.95. The van der Waals surface area contributed by atoms with Gasteiger partial charge in [0, 0.05) is 12.1 Å². The Kier molecular flexibility index (Phi) is 4.45. The first-order valence-corrected chi connectivity index (χ1v) is 7.21. The van der Waals surface area contributed by atoms with Gasteiger partial charge in [0.15, 0.2) is 5.82 Å². The zero-order chi connectivity index (χ0) is 16.0. The molecular weight excluding hydrogens is 320 g/mol. The van der Waals surface area contributed by atoms with E-state index >= 15 is 0 Å². The molecule has 1 aromatic heterocycles. The first-order valence-electron chi connectivity index (χ1n) is 7.21. The van der Waals surface area contributed by atoms with Crippen LogP contribution in [0.3, 0.4) is 0 Å². The van der Waals surface area contributed by atoms with E-state index in [0.29, 0.717) is 11.7 Å². The second-order valence-electron chi connectivity index (χ2n) is 6.36. The molecule has 0 atom stereocenters. The van der Waals surface area contributed by atoms with Crippen molar-refractivity contribution in [3.63, 3.8) is 0 Å². The summed E-state index contributed by atoms with van der Waals surface area (Å²) in [7, 11) is 0. The summed E-state index contributed by atoms with van der Waals surface area (Å²) in [5, 5.41) is 14.8. The zero-order valence-electron chi connectivity index (χ0n) is 13.0. The number of hydrogen-bond donors (Lipinski definition) is 1. The van der Waals surface area contributed by atoms with Gasteiger partial charge in [0.05, 0.1) is 15.9 Å². The maximum atomic E-state index is 10.7.